The highest BCUT2D eigenvalue weighted by atomic mass is 35.5. The van der Waals surface area contributed by atoms with E-state index in [1.54, 1.807) is 0 Å². The predicted octanol–water partition coefficient (Wildman–Crippen LogP) is 2.58. The molecule has 7 nitrogen and oxygen atoms in total. The summed E-state index contributed by atoms with van der Waals surface area (Å²) < 4.78 is 39.5. The van der Waals surface area contributed by atoms with Gasteiger partial charge in [0.15, 0.2) is 5.82 Å². The number of sulfonamides is 1. The summed E-state index contributed by atoms with van der Waals surface area (Å²) in [4.78, 5) is 13.4. The number of anilines is 1. The van der Waals surface area contributed by atoms with E-state index in [1.807, 2.05) is 4.72 Å². The Morgan fingerprint density at radius 3 is 2.67 bits per heavy atom. The Kier molecular flexibility index (Phi) is 4.05. The van der Waals surface area contributed by atoms with Crippen LogP contribution in [0.4, 0.5) is 15.8 Å². The zero-order valence-corrected chi connectivity index (χ0v) is 11.7. The van der Waals surface area contributed by atoms with E-state index in [0.29, 0.717) is 0 Å². The normalized spacial score (nSPS) is 11.1. The van der Waals surface area contributed by atoms with Gasteiger partial charge in [-0.05, 0) is 18.2 Å². The quantitative estimate of drug-likeness (QED) is 0.685. The lowest BCUT2D eigenvalue weighted by molar-refractivity contribution is -0.384. The van der Waals surface area contributed by atoms with Crippen molar-refractivity contribution in [3.05, 3.63) is 57.5 Å². The van der Waals surface area contributed by atoms with E-state index in [2.05, 4.69) is 4.98 Å². The van der Waals surface area contributed by atoms with Crippen LogP contribution in [0.3, 0.4) is 0 Å². The first kappa shape index (κ1) is 15.1. The number of benzene rings is 1. The first-order valence-corrected chi connectivity index (χ1v) is 7.24. The third kappa shape index (κ3) is 3.26. The van der Waals surface area contributed by atoms with Crippen molar-refractivity contribution in [1.82, 2.24) is 4.98 Å². The molecule has 0 fully saturated rings. The van der Waals surface area contributed by atoms with Crippen molar-refractivity contribution in [3.63, 3.8) is 0 Å². The Morgan fingerprint density at radius 1 is 1.33 bits per heavy atom. The molecule has 10 heteroatoms. The summed E-state index contributed by atoms with van der Waals surface area (Å²) in [6.07, 6.45) is 1.10. The molecule has 0 spiro atoms. The molecule has 2 rings (SSSR count). The lowest BCUT2D eigenvalue weighted by Crippen LogP contribution is -2.16. The van der Waals surface area contributed by atoms with E-state index in [1.165, 1.54) is 6.07 Å². The second-order valence-corrected chi connectivity index (χ2v) is 5.82. The number of nitro groups is 1. The summed E-state index contributed by atoms with van der Waals surface area (Å²) in [7, 11) is -4.35. The Balaban J connectivity index is 2.44. The summed E-state index contributed by atoms with van der Waals surface area (Å²) in [6.45, 7) is 0. The van der Waals surface area contributed by atoms with Crippen molar-refractivity contribution in [2.75, 3.05) is 4.72 Å². The van der Waals surface area contributed by atoms with Crippen LogP contribution in [0.1, 0.15) is 0 Å². The zero-order chi connectivity index (χ0) is 15.6. The molecule has 0 aliphatic heterocycles. The minimum absolute atomic E-state index is 0.0690. The molecule has 0 saturated carbocycles. The van der Waals surface area contributed by atoms with E-state index in [-0.39, 0.29) is 16.4 Å². The van der Waals surface area contributed by atoms with Gasteiger partial charge < -0.3 is 0 Å². The van der Waals surface area contributed by atoms with Crippen LogP contribution in [-0.2, 0) is 10.0 Å². The molecule has 0 saturated heterocycles. The minimum atomic E-state index is -4.35. The number of pyridine rings is 1. The van der Waals surface area contributed by atoms with Crippen molar-refractivity contribution in [2.24, 2.45) is 0 Å². The Morgan fingerprint density at radius 2 is 2.05 bits per heavy atom. The van der Waals surface area contributed by atoms with Gasteiger partial charge >= 0.3 is 0 Å². The molecule has 0 radical (unpaired) electrons. The number of nitro benzene ring substituents is 1. The molecular formula is C11H7ClFN3O4S. The average Bonchev–Trinajstić information content (AvgIpc) is 2.41. The van der Waals surface area contributed by atoms with E-state index in [9.17, 15) is 22.9 Å². The van der Waals surface area contributed by atoms with E-state index in [0.717, 1.165) is 30.5 Å². The van der Waals surface area contributed by atoms with Gasteiger partial charge in [0.05, 0.1) is 15.6 Å². The van der Waals surface area contributed by atoms with Crippen LogP contribution in [0.5, 0.6) is 0 Å². The van der Waals surface area contributed by atoms with Crippen LogP contribution in [-0.4, -0.2) is 18.3 Å². The van der Waals surface area contributed by atoms with Gasteiger partial charge in [0.2, 0.25) is 5.03 Å². The number of aromatic nitrogens is 1. The summed E-state index contributed by atoms with van der Waals surface area (Å²) in [5.41, 5.74) is -0.602. The summed E-state index contributed by atoms with van der Waals surface area (Å²) >= 11 is 5.77. The van der Waals surface area contributed by atoms with Crippen molar-refractivity contribution in [2.45, 2.75) is 5.03 Å². The molecule has 0 aliphatic carbocycles. The van der Waals surface area contributed by atoms with Gasteiger partial charge in [0.1, 0.15) is 0 Å². The van der Waals surface area contributed by atoms with Gasteiger partial charge in [-0.15, -0.1) is 0 Å². The van der Waals surface area contributed by atoms with Gasteiger partial charge in [-0.3, -0.25) is 14.8 Å². The summed E-state index contributed by atoms with van der Waals surface area (Å²) in [6, 6.07) is 5.36. The van der Waals surface area contributed by atoms with Gasteiger partial charge in [-0.1, -0.05) is 11.6 Å². The Labute approximate surface area is 123 Å². The second kappa shape index (κ2) is 5.62. The molecule has 1 N–H and O–H groups in total. The van der Waals surface area contributed by atoms with Gasteiger partial charge in [-0.2, -0.15) is 8.42 Å². The van der Waals surface area contributed by atoms with Crippen LogP contribution in [0.25, 0.3) is 0 Å². The number of non-ortho nitro benzene ring substituents is 1. The van der Waals surface area contributed by atoms with Crippen molar-refractivity contribution in [1.29, 1.82) is 0 Å². The average molecular weight is 332 g/mol. The Hall–Kier alpha value is -2.26. The molecule has 0 atom stereocenters. The summed E-state index contributed by atoms with van der Waals surface area (Å²) in [5.74, 6) is -1.05. The van der Waals surface area contributed by atoms with Crippen LogP contribution in [0.15, 0.2) is 41.6 Å². The molecule has 21 heavy (non-hydrogen) atoms. The number of nitrogens with one attached hydrogen (secondary N) is 1. The van der Waals surface area contributed by atoms with Gasteiger partial charge in [-0.25, -0.2) is 9.37 Å². The Bertz CT molecular complexity index is 813. The maximum absolute atomic E-state index is 13.5. The molecule has 110 valence electrons. The maximum Gasteiger partial charge on any atom is 0.282 e. The molecule has 1 aromatic carbocycles. The molecule has 0 bridgehead atoms. The highest BCUT2D eigenvalue weighted by Crippen LogP contribution is 2.28. The van der Waals surface area contributed by atoms with Crippen molar-refractivity contribution in [3.8, 4) is 0 Å². The maximum atomic E-state index is 13.5. The predicted molar refractivity (Wildman–Crippen MR) is 73.1 cm³/mol. The topological polar surface area (TPSA) is 102 Å². The molecule has 0 amide bonds. The smallest absolute Gasteiger partial charge is 0.276 e. The van der Waals surface area contributed by atoms with Crippen molar-refractivity contribution < 1.29 is 17.7 Å². The third-order valence-corrected chi connectivity index (χ3v) is 4.01. The molecular weight excluding hydrogens is 325 g/mol. The summed E-state index contributed by atoms with van der Waals surface area (Å²) in [5, 5.41) is 9.77. The zero-order valence-electron chi connectivity index (χ0n) is 10.2. The highest BCUT2D eigenvalue weighted by molar-refractivity contribution is 7.92. The largest absolute Gasteiger partial charge is 0.282 e. The van der Waals surface area contributed by atoms with Crippen LogP contribution >= 0.6 is 11.6 Å². The fourth-order valence-corrected chi connectivity index (χ4v) is 2.77. The van der Waals surface area contributed by atoms with Crippen LogP contribution in [0.2, 0.25) is 5.02 Å². The van der Waals surface area contributed by atoms with E-state index >= 15 is 0 Å². The van der Waals surface area contributed by atoms with E-state index in [4.69, 9.17) is 11.6 Å². The standard InChI is InChI=1S/C11H7ClFN3O4S/c12-8-4-3-7(16(17)18)6-10(8)15-21(19,20)11-9(13)2-1-5-14-11/h1-6,15H. The fraction of sp³-hybridized carbons (Fsp3) is 0. The molecule has 1 heterocycles. The minimum Gasteiger partial charge on any atom is -0.276 e. The van der Waals surface area contributed by atoms with Gasteiger partial charge in [0.25, 0.3) is 15.7 Å². The van der Waals surface area contributed by atoms with Gasteiger partial charge in [0, 0.05) is 18.3 Å². The number of nitrogens with zero attached hydrogens (tertiary/aromatic N) is 2. The molecule has 2 aromatic rings. The number of hydrogen-bond donors (Lipinski definition) is 1. The SMILES string of the molecule is O=[N+]([O-])c1ccc(Cl)c(NS(=O)(=O)c2ncccc2F)c1. The van der Waals surface area contributed by atoms with Crippen molar-refractivity contribution >= 4 is 33.0 Å². The third-order valence-electron chi connectivity index (χ3n) is 2.38. The lowest BCUT2D eigenvalue weighted by Gasteiger charge is -2.09. The number of hydrogen-bond acceptors (Lipinski definition) is 5. The van der Waals surface area contributed by atoms with Crippen LogP contribution < -0.4 is 4.72 Å². The fourth-order valence-electron chi connectivity index (χ4n) is 1.47. The molecule has 1 aromatic heterocycles. The molecule has 0 unspecified atom stereocenters. The monoisotopic (exact) mass is 331 g/mol. The number of halogens is 2. The van der Waals surface area contributed by atoms with E-state index < -0.39 is 25.8 Å². The molecule has 0 aliphatic rings. The van der Waals surface area contributed by atoms with Crippen LogP contribution in [0, 0.1) is 15.9 Å². The lowest BCUT2D eigenvalue weighted by atomic mass is 10.3. The highest BCUT2D eigenvalue weighted by Gasteiger charge is 2.22. The second-order valence-electron chi connectivity index (χ2n) is 3.82. The first-order chi connectivity index (χ1) is 9.81. The number of rotatable bonds is 4. The first-order valence-electron chi connectivity index (χ1n) is 5.38.